The normalized spacial score (nSPS) is 21.8. The minimum atomic E-state index is -1.05. The first-order chi connectivity index (χ1) is 18.0. The highest BCUT2D eigenvalue weighted by molar-refractivity contribution is 6.30. The van der Waals surface area contributed by atoms with Gasteiger partial charge in [-0.2, -0.15) is 0 Å². The van der Waals surface area contributed by atoms with E-state index in [2.05, 4.69) is 36.7 Å². The van der Waals surface area contributed by atoms with Gasteiger partial charge in [0.15, 0.2) is 11.6 Å². The van der Waals surface area contributed by atoms with Gasteiger partial charge in [0.2, 0.25) is 12.3 Å². The zero-order valence-electron chi connectivity index (χ0n) is 22.1. The van der Waals surface area contributed by atoms with E-state index in [4.69, 9.17) is 11.6 Å². The molecule has 2 aromatic carbocycles. The fourth-order valence-electron chi connectivity index (χ4n) is 5.31. The van der Waals surface area contributed by atoms with E-state index in [1.54, 1.807) is 12.1 Å². The zero-order chi connectivity index (χ0) is 27.9. The van der Waals surface area contributed by atoms with Crippen LogP contribution in [-0.4, -0.2) is 30.9 Å². The number of anilines is 1. The Morgan fingerprint density at radius 2 is 1.79 bits per heavy atom. The number of carbonyl (C=O) groups excluding carboxylic acids is 2. The predicted octanol–water partition coefficient (Wildman–Crippen LogP) is 6.57. The second kappa shape index (κ2) is 13.5. The largest absolute Gasteiger partial charge is 0.356 e. The van der Waals surface area contributed by atoms with Crippen LogP contribution in [0.2, 0.25) is 5.02 Å². The van der Waals surface area contributed by atoms with Crippen molar-refractivity contribution in [2.75, 3.05) is 11.9 Å². The van der Waals surface area contributed by atoms with Crippen LogP contribution in [0.3, 0.4) is 0 Å². The maximum absolute atomic E-state index is 14.7. The molecule has 1 aliphatic heterocycles. The lowest BCUT2D eigenvalue weighted by molar-refractivity contribution is -0.120. The maximum Gasteiger partial charge on any atom is 0.229 e. The topological polar surface area (TPSA) is 70.2 Å². The van der Waals surface area contributed by atoms with Crippen molar-refractivity contribution >= 4 is 29.6 Å². The number of carbonyl (C=O) groups is 2. The molecule has 1 saturated heterocycles. The third-order valence-corrected chi connectivity index (χ3v) is 7.37. The van der Waals surface area contributed by atoms with E-state index in [9.17, 15) is 22.8 Å². The van der Waals surface area contributed by atoms with Crippen LogP contribution in [0, 0.1) is 28.8 Å². The number of rotatable bonds is 6. The molecule has 2 fully saturated rings. The van der Waals surface area contributed by atoms with Crippen LogP contribution in [-0.2, 0) is 9.59 Å². The number of hydrogen-bond acceptors (Lipinski definition) is 3. The van der Waals surface area contributed by atoms with Gasteiger partial charge in [-0.05, 0) is 48.4 Å². The molecule has 0 bridgehead atoms. The molecule has 9 heteroatoms. The van der Waals surface area contributed by atoms with Crippen LogP contribution >= 0.6 is 11.6 Å². The van der Waals surface area contributed by atoms with Gasteiger partial charge in [-0.1, -0.05) is 63.8 Å². The van der Waals surface area contributed by atoms with Crippen molar-refractivity contribution in [2.45, 2.75) is 77.3 Å². The van der Waals surface area contributed by atoms with Crippen molar-refractivity contribution in [3.63, 3.8) is 0 Å². The van der Waals surface area contributed by atoms with Gasteiger partial charge in [0.25, 0.3) is 0 Å². The second-order valence-electron chi connectivity index (χ2n) is 11.3. The Balaban J connectivity index is 0.000000375. The summed E-state index contributed by atoms with van der Waals surface area (Å²) in [5, 5.41) is 8.81. The first-order valence-corrected chi connectivity index (χ1v) is 13.5. The summed E-state index contributed by atoms with van der Waals surface area (Å²) >= 11 is 5.95. The molecule has 1 saturated carbocycles. The molecular formula is C29H37ClF3N3O2. The lowest BCUT2D eigenvalue weighted by Crippen LogP contribution is -2.38. The van der Waals surface area contributed by atoms with Gasteiger partial charge in [0, 0.05) is 36.3 Å². The molecule has 208 valence electrons. The van der Waals surface area contributed by atoms with E-state index < -0.39 is 29.3 Å². The van der Waals surface area contributed by atoms with E-state index in [1.165, 1.54) is 44.2 Å². The fraction of sp³-hybridized carbons (Fsp3) is 0.517. The first kappa shape index (κ1) is 30.0. The van der Waals surface area contributed by atoms with Crippen LogP contribution in [0.15, 0.2) is 36.4 Å². The molecule has 0 spiro atoms. The molecule has 3 atom stereocenters. The monoisotopic (exact) mass is 551 g/mol. The van der Waals surface area contributed by atoms with Gasteiger partial charge >= 0.3 is 0 Å². The molecule has 3 N–H and O–H groups in total. The molecule has 2 aliphatic rings. The van der Waals surface area contributed by atoms with Gasteiger partial charge in [-0.15, -0.1) is 0 Å². The molecule has 1 unspecified atom stereocenters. The molecule has 2 aromatic rings. The van der Waals surface area contributed by atoms with Crippen molar-refractivity contribution in [3.8, 4) is 0 Å². The standard InChI is InChI=1S/C22H24ClF3N2O.C7H13NO/c1-22(2,3)10-18-19(21(29)28-12-7-8-16(24)17(25)9-12)14(11-27-18)13-5-4-6-15(23)20(13)26;9-6-8-7-4-2-1-3-5-7/h4-9,14,18-19,27H,10-11H2,1-3H3,(H,28,29);6-7H,1-5H2,(H,8,9)/t14-,18?,19+;/m1./s1. The number of hydrogen-bond donors (Lipinski definition) is 3. The number of benzene rings is 2. The third-order valence-electron chi connectivity index (χ3n) is 7.08. The Morgan fingerprint density at radius 3 is 2.42 bits per heavy atom. The summed E-state index contributed by atoms with van der Waals surface area (Å²) in [6.45, 7) is 6.60. The van der Waals surface area contributed by atoms with Crippen LogP contribution in [0.5, 0.6) is 0 Å². The summed E-state index contributed by atoms with van der Waals surface area (Å²) < 4.78 is 41.4. The summed E-state index contributed by atoms with van der Waals surface area (Å²) in [7, 11) is 0. The number of amides is 2. The van der Waals surface area contributed by atoms with Crippen molar-refractivity contribution < 1.29 is 22.8 Å². The average Bonchev–Trinajstić information content (AvgIpc) is 3.26. The zero-order valence-corrected chi connectivity index (χ0v) is 22.9. The molecule has 4 rings (SSSR count). The quantitative estimate of drug-likeness (QED) is 0.356. The Bertz CT molecular complexity index is 1100. The molecular weight excluding hydrogens is 515 g/mol. The summed E-state index contributed by atoms with van der Waals surface area (Å²) in [5.41, 5.74) is 0.451. The number of halogens is 4. The maximum atomic E-state index is 14.7. The Kier molecular flexibility index (Phi) is 10.6. The second-order valence-corrected chi connectivity index (χ2v) is 11.7. The smallest absolute Gasteiger partial charge is 0.229 e. The Labute approximate surface area is 227 Å². The highest BCUT2D eigenvalue weighted by Crippen LogP contribution is 2.39. The SMILES string of the molecule is CC(C)(C)CC1NC[C@H](c2cccc(Cl)c2F)[C@@H]1C(=O)Nc1ccc(F)c(F)c1.O=CNC1CCCCC1. The Hall–Kier alpha value is -2.58. The van der Waals surface area contributed by atoms with Crippen LogP contribution < -0.4 is 16.0 Å². The molecule has 1 heterocycles. The van der Waals surface area contributed by atoms with Crippen LogP contribution in [0.4, 0.5) is 18.9 Å². The lowest BCUT2D eigenvalue weighted by atomic mass is 9.78. The number of nitrogens with one attached hydrogen (secondary N) is 3. The van der Waals surface area contributed by atoms with Gasteiger partial charge in [0.1, 0.15) is 5.82 Å². The summed E-state index contributed by atoms with van der Waals surface area (Å²) in [6, 6.07) is 8.22. The minimum Gasteiger partial charge on any atom is -0.356 e. The van der Waals surface area contributed by atoms with Gasteiger partial charge in [-0.3, -0.25) is 9.59 Å². The van der Waals surface area contributed by atoms with Gasteiger partial charge in [-0.25, -0.2) is 13.2 Å². The van der Waals surface area contributed by atoms with E-state index in [-0.39, 0.29) is 28.1 Å². The van der Waals surface area contributed by atoms with Gasteiger partial charge < -0.3 is 16.0 Å². The molecule has 2 amide bonds. The molecule has 5 nitrogen and oxygen atoms in total. The van der Waals surface area contributed by atoms with Crippen LogP contribution in [0.25, 0.3) is 0 Å². The van der Waals surface area contributed by atoms with E-state index in [1.807, 2.05) is 0 Å². The molecule has 0 radical (unpaired) electrons. The first-order valence-electron chi connectivity index (χ1n) is 13.1. The average molecular weight is 552 g/mol. The molecule has 0 aromatic heterocycles. The van der Waals surface area contributed by atoms with E-state index >= 15 is 0 Å². The van der Waals surface area contributed by atoms with Crippen molar-refractivity contribution in [1.29, 1.82) is 0 Å². The lowest BCUT2D eigenvalue weighted by Gasteiger charge is -2.29. The highest BCUT2D eigenvalue weighted by atomic mass is 35.5. The van der Waals surface area contributed by atoms with Crippen molar-refractivity contribution in [2.24, 2.45) is 11.3 Å². The van der Waals surface area contributed by atoms with E-state index in [0.29, 0.717) is 24.6 Å². The molecule has 38 heavy (non-hydrogen) atoms. The summed E-state index contributed by atoms with van der Waals surface area (Å²) in [4.78, 5) is 23.1. The predicted molar refractivity (Wildman–Crippen MR) is 145 cm³/mol. The molecule has 1 aliphatic carbocycles. The van der Waals surface area contributed by atoms with Crippen LogP contribution in [0.1, 0.15) is 70.8 Å². The Morgan fingerprint density at radius 1 is 1.08 bits per heavy atom. The summed E-state index contributed by atoms with van der Waals surface area (Å²) in [5.74, 6) is -3.99. The minimum absolute atomic E-state index is 0.00142. The fourth-order valence-corrected chi connectivity index (χ4v) is 5.49. The highest BCUT2D eigenvalue weighted by Gasteiger charge is 2.44. The van der Waals surface area contributed by atoms with Crippen molar-refractivity contribution in [3.05, 3.63) is 64.4 Å². The van der Waals surface area contributed by atoms with Crippen molar-refractivity contribution in [1.82, 2.24) is 10.6 Å². The summed E-state index contributed by atoms with van der Waals surface area (Å²) in [6.07, 6.45) is 7.77. The van der Waals surface area contributed by atoms with E-state index in [0.717, 1.165) is 18.5 Å². The third kappa shape index (κ3) is 8.21. The van der Waals surface area contributed by atoms with Gasteiger partial charge in [0.05, 0.1) is 10.9 Å².